The van der Waals surface area contributed by atoms with E-state index in [4.69, 9.17) is 4.98 Å². The zero-order valence-corrected chi connectivity index (χ0v) is 20.6. The Balaban J connectivity index is 0.00000306. The van der Waals surface area contributed by atoms with Crippen LogP contribution in [0, 0.1) is 26.0 Å². The van der Waals surface area contributed by atoms with Crippen LogP contribution in [0.3, 0.4) is 0 Å². The van der Waals surface area contributed by atoms with Crippen molar-refractivity contribution >= 4 is 0 Å². The van der Waals surface area contributed by atoms with Gasteiger partial charge in [-0.1, -0.05) is 12.1 Å². The molecule has 0 aliphatic carbocycles. The van der Waals surface area contributed by atoms with Gasteiger partial charge in [-0.05, 0) is 56.9 Å². The van der Waals surface area contributed by atoms with E-state index >= 15 is 0 Å². The van der Waals surface area contributed by atoms with Crippen LogP contribution in [0.25, 0.3) is 17.1 Å². The Morgan fingerprint density at radius 1 is 0.909 bits per heavy atom. The summed E-state index contributed by atoms with van der Waals surface area (Å²) in [6.07, 6.45) is -2.96. The molecule has 4 aromatic rings. The summed E-state index contributed by atoms with van der Waals surface area (Å²) in [5.74, 6) is -0.0269. The molecule has 0 N–H and O–H groups in total. The Labute approximate surface area is 204 Å². The number of nitrogens with zero attached hydrogens (tertiary/aromatic N) is 5. The molecule has 0 aromatic carbocycles. The first kappa shape index (κ1) is 24.8. The van der Waals surface area contributed by atoms with E-state index in [1.807, 2.05) is 52.0 Å². The number of aromatic nitrogens is 5. The Morgan fingerprint density at radius 2 is 1.67 bits per heavy atom. The SMILES string of the molecule is Cc1[c-]c(-c2cccc(C(C)(C)c3ccn(-c4[c-]ccc(C(F)(F)F)n4)n3)n2)cc(C)n1.[Pt+2]. The zero-order chi connectivity index (χ0) is 23.1. The molecule has 33 heavy (non-hydrogen) atoms. The molecule has 4 aromatic heterocycles. The maximum Gasteiger partial charge on any atom is 2.00 e. The minimum absolute atomic E-state index is 0. The van der Waals surface area contributed by atoms with Gasteiger partial charge in [-0.15, -0.1) is 6.07 Å². The Kier molecular flexibility index (Phi) is 6.89. The van der Waals surface area contributed by atoms with Gasteiger partial charge in [0, 0.05) is 17.3 Å². The number of hydrogen-bond acceptors (Lipinski definition) is 4. The fourth-order valence-electron chi connectivity index (χ4n) is 3.40. The van der Waals surface area contributed by atoms with Crippen LogP contribution in [0.5, 0.6) is 0 Å². The maximum absolute atomic E-state index is 13.0. The molecule has 172 valence electrons. The molecule has 0 unspecified atom stereocenters. The van der Waals surface area contributed by atoms with Gasteiger partial charge in [-0.25, -0.2) is 16.8 Å². The van der Waals surface area contributed by atoms with Crippen molar-refractivity contribution in [2.24, 2.45) is 0 Å². The average Bonchev–Trinajstić information content (AvgIpc) is 3.24. The summed E-state index contributed by atoms with van der Waals surface area (Å²) in [7, 11) is 0. The van der Waals surface area contributed by atoms with Crippen LogP contribution in [0.2, 0.25) is 0 Å². The average molecular weight is 631 g/mol. The normalized spacial score (nSPS) is 11.8. The molecule has 5 nitrogen and oxygen atoms in total. The number of hydrogen-bond donors (Lipinski definition) is 0. The molecule has 0 saturated heterocycles. The van der Waals surface area contributed by atoms with Crippen molar-refractivity contribution in [3.63, 3.8) is 0 Å². The number of rotatable bonds is 4. The third-order valence-corrected chi connectivity index (χ3v) is 5.10. The largest absolute Gasteiger partial charge is 2.00 e. The zero-order valence-electron chi connectivity index (χ0n) is 18.3. The topological polar surface area (TPSA) is 56.5 Å². The van der Waals surface area contributed by atoms with Gasteiger partial charge in [0.2, 0.25) is 0 Å². The molecule has 0 aliphatic rings. The number of alkyl halides is 3. The van der Waals surface area contributed by atoms with Crippen molar-refractivity contribution in [3.8, 4) is 17.1 Å². The molecule has 4 heterocycles. The number of pyridine rings is 3. The molecule has 0 fully saturated rings. The minimum atomic E-state index is -4.54. The van der Waals surface area contributed by atoms with E-state index in [2.05, 4.69) is 27.2 Å². The van der Waals surface area contributed by atoms with Crippen LogP contribution in [0.15, 0.2) is 48.7 Å². The molecule has 9 heteroatoms. The van der Waals surface area contributed by atoms with Crippen LogP contribution in [-0.2, 0) is 32.7 Å². The van der Waals surface area contributed by atoms with E-state index in [1.165, 1.54) is 10.7 Å². The standard InChI is InChI=1S/C24H20F3N5.Pt/c1-15-13-17(14-16(2)28-15)18-7-5-8-19(29-18)23(3,4)20-11-12-32(31-20)22-10-6-9-21(30-22)24(25,26)27;/h5-9,11-13H,1-4H3;/q-2;+2. The quantitative estimate of drug-likeness (QED) is 0.288. The van der Waals surface area contributed by atoms with Crippen molar-refractivity contribution in [1.29, 1.82) is 0 Å². The molecule has 0 amide bonds. The van der Waals surface area contributed by atoms with Crippen molar-refractivity contribution in [2.45, 2.75) is 39.3 Å². The van der Waals surface area contributed by atoms with Gasteiger partial charge in [0.25, 0.3) is 0 Å². The smallest absolute Gasteiger partial charge is 0.316 e. The molecular formula is C24H20F3N5Pt. The van der Waals surface area contributed by atoms with Crippen molar-refractivity contribution < 1.29 is 34.2 Å². The van der Waals surface area contributed by atoms with Gasteiger partial charge >= 0.3 is 27.2 Å². The summed E-state index contributed by atoms with van der Waals surface area (Å²) in [6.45, 7) is 7.73. The number of aryl methyl sites for hydroxylation is 2. The second-order valence-corrected chi connectivity index (χ2v) is 8.00. The van der Waals surface area contributed by atoms with Crippen LogP contribution in [-0.4, -0.2) is 24.7 Å². The van der Waals surface area contributed by atoms with E-state index in [1.54, 1.807) is 12.3 Å². The van der Waals surface area contributed by atoms with Gasteiger partial charge in [0.15, 0.2) is 0 Å². The summed E-state index contributed by atoms with van der Waals surface area (Å²) in [5.41, 5.74) is 3.08. The molecule has 0 aliphatic heterocycles. The van der Waals surface area contributed by atoms with Crippen molar-refractivity contribution in [1.82, 2.24) is 24.7 Å². The fraction of sp³-hybridized carbons (Fsp3) is 0.250. The predicted molar refractivity (Wildman–Crippen MR) is 113 cm³/mol. The van der Waals surface area contributed by atoms with Crippen LogP contribution in [0.4, 0.5) is 13.2 Å². The summed E-state index contributed by atoms with van der Waals surface area (Å²) in [4.78, 5) is 12.8. The van der Waals surface area contributed by atoms with Gasteiger partial charge in [0.1, 0.15) is 0 Å². The van der Waals surface area contributed by atoms with E-state index in [9.17, 15) is 13.2 Å². The van der Waals surface area contributed by atoms with Gasteiger partial charge in [-0.3, -0.25) is 9.97 Å². The number of halogens is 3. The Bertz CT molecular complexity index is 1260. The van der Waals surface area contributed by atoms with Gasteiger partial charge in [-0.2, -0.15) is 36.0 Å². The predicted octanol–water partition coefficient (Wildman–Crippen LogP) is 5.28. The molecule has 4 rings (SSSR count). The Morgan fingerprint density at radius 3 is 2.36 bits per heavy atom. The maximum atomic E-state index is 13.0. The first-order valence-corrected chi connectivity index (χ1v) is 9.92. The van der Waals surface area contributed by atoms with E-state index < -0.39 is 17.3 Å². The van der Waals surface area contributed by atoms with E-state index in [-0.39, 0.29) is 26.9 Å². The fourth-order valence-corrected chi connectivity index (χ4v) is 3.40. The molecular weight excluding hydrogens is 610 g/mol. The summed E-state index contributed by atoms with van der Waals surface area (Å²) in [5, 5.41) is 4.48. The molecule has 0 spiro atoms. The molecule has 0 bridgehead atoms. The third kappa shape index (κ3) is 5.22. The second kappa shape index (κ2) is 9.18. The van der Waals surface area contributed by atoms with E-state index in [0.29, 0.717) is 5.69 Å². The van der Waals surface area contributed by atoms with Crippen LogP contribution in [0.1, 0.15) is 42.3 Å². The minimum Gasteiger partial charge on any atom is -0.316 e. The Hall–Kier alpha value is -2.86. The van der Waals surface area contributed by atoms with Gasteiger partial charge < -0.3 is 4.98 Å². The van der Waals surface area contributed by atoms with Crippen molar-refractivity contribution in [3.05, 3.63) is 89.3 Å². The first-order chi connectivity index (χ1) is 15.0. The van der Waals surface area contributed by atoms with Gasteiger partial charge in [0.05, 0.1) is 17.2 Å². The molecule has 0 atom stereocenters. The summed E-state index contributed by atoms with van der Waals surface area (Å²) in [6, 6.07) is 17.4. The van der Waals surface area contributed by atoms with Crippen molar-refractivity contribution in [2.75, 3.05) is 0 Å². The van der Waals surface area contributed by atoms with E-state index in [0.717, 1.165) is 34.4 Å². The monoisotopic (exact) mass is 630 g/mol. The summed E-state index contributed by atoms with van der Waals surface area (Å²) < 4.78 is 40.3. The summed E-state index contributed by atoms with van der Waals surface area (Å²) >= 11 is 0. The second-order valence-electron chi connectivity index (χ2n) is 8.00. The first-order valence-electron chi connectivity index (χ1n) is 9.92. The van der Waals surface area contributed by atoms with Crippen LogP contribution >= 0.6 is 0 Å². The third-order valence-electron chi connectivity index (χ3n) is 5.10. The van der Waals surface area contributed by atoms with Crippen LogP contribution < -0.4 is 0 Å². The molecule has 0 saturated carbocycles. The molecule has 0 radical (unpaired) electrons.